The van der Waals surface area contributed by atoms with Gasteiger partial charge in [-0.2, -0.15) is 0 Å². The first-order valence-electron chi connectivity index (χ1n) is 7.67. The van der Waals surface area contributed by atoms with Crippen LogP contribution in [0.4, 0.5) is 4.39 Å². The Balaban J connectivity index is 0.000000202. The fraction of sp³-hybridized carbons (Fsp3) is 0. The Bertz CT molecular complexity index is 724. The minimum absolute atomic E-state index is 0.181. The van der Waals surface area contributed by atoms with E-state index in [0.717, 1.165) is 12.6 Å². The Labute approximate surface area is 155 Å². The van der Waals surface area contributed by atoms with E-state index in [-0.39, 0.29) is 17.3 Å². The highest BCUT2D eigenvalue weighted by molar-refractivity contribution is 5.75. The molecule has 0 aliphatic rings. The number of hydrogen-bond donors (Lipinski definition) is 2. The summed E-state index contributed by atoms with van der Waals surface area (Å²) in [7, 11) is 0. The molecule has 0 saturated carbocycles. The Kier molecular flexibility index (Phi) is 9.21. The van der Waals surface area contributed by atoms with Gasteiger partial charge < -0.3 is 10.2 Å². The highest BCUT2D eigenvalue weighted by atomic mass is 19.1. The number of carbonyl (C=O) groups excluding carboxylic acids is 3. The third kappa shape index (κ3) is 8.74. The molecule has 3 rings (SSSR count). The van der Waals surface area contributed by atoms with Gasteiger partial charge in [0.2, 0.25) is 0 Å². The van der Waals surface area contributed by atoms with Crippen molar-refractivity contribution < 1.29 is 29.0 Å². The van der Waals surface area contributed by atoms with E-state index >= 15 is 0 Å². The predicted octanol–water partition coefficient (Wildman–Crippen LogP) is 4.05. The van der Waals surface area contributed by atoms with Gasteiger partial charge in [-0.3, -0.25) is 14.4 Å². The summed E-state index contributed by atoms with van der Waals surface area (Å²) in [5, 5.41) is 17.5. The fourth-order valence-corrected chi connectivity index (χ4v) is 1.65. The van der Waals surface area contributed by atoms with E-state index in [9.17, 15) is 18.8 Å². The van der Waals surface area contributed by atoms with E-state index < -0.39 is 0 Å². The van der Waals surface area contributed by atoms with Crippen LogP contribution in [0.15, 0.2) is 72.8 Å². The Morgan fingerprint density at radius 1 is 0.519 bits per heavy atom. The van der Waals surface area contributed by atoms with Gasteiger partial charge in [0.25, 0.3) is 0 Å². The summed E-state index contributed by atoms with van der Waals surface area (Å²) in [5.74, 6) is 0.0433. The van der Waals surface area contributed by atoms with Crippen LogP contribution in [0.3, 0.4) is 0 Å². The number of benzene rings is 3. The van der Waals surface area contributed by atoms with Crippen molar-refractivity contribution in [1.29, 1.82) is 0 Å². The number of phenols is 2. The summed E-state index contributed by atoms with van der Waals surface area (Å²) < 4.78 is 12.1. The molecule has 3 aromatic rings. The molecule has 0 fully saturated rings. The van der Waals surface area contributed by atoms with Gasteiger partial charge >= 0.3 is 0 Å². The summed E-state index contributed by atoms with van der Waals surface area (Å²) in [6.07, 6.45) is 2.15. The van der Waals surface area contributed by atoms with E-state index in [0.29, 0.717) is 23.0 Å². The van der Waals surface area contributed by atoms with Gasteiger partial charge in [0.1, 0.15) is 36.2 Å². The first-order valence-corrected chi connectivity index (χ1v) is 7.67. The lowest BCUT2D eigenvalue weighted by molar-refractivity contribution is 0.111. The summed E-state index contributed by atoms with van der Waals surface area (Å²) in [6.45, 7) is 0. The van der Waals surface area contributed by atoms with Crippen LogP contribution in [0.1, 0.15) is 31.1 Å². The van der Waals surface area contributed by atoms with Gasteiger partial charge in [-0.05, 0) is 72.8 Å². The zero-order chi connectivity index (χ0) is 20.1. The highest BCUT2D eigenvalue weighted by Crippen LogP contribution is 2.07. The first-order chi connectivity index (χ1) is 13.0. The van der Waals surface area contributed by atoms with Gasteiger partial charge in [-0.25, -0.2) is 4.39 Å². The maximum Gasteiger partial charge on any atom is 0.150 e. The van der Waals surface area contributed by atoms with E-state index in [1.807, 2.05) is 0 Å². The summed E-state index contributed by atoms with van der Waals surface area (Å²) in [6, 6.07) is 17.5. The molecule has 0 aliphatic heterocycles. The van der Waals surface area contributed by atoms with Crippen LogP contribution in [0, 0.1) is 5.82 Å². The summed E-state index contributed by atoms with van der Waals surface area (Å²) in [5.41, 5.74) is 1.65. The van der Waals surface area contributed by atoms with Crippen LogP contribution in [0.25, 0.3) is 0 Å². The second kappa shape index (κ2) is 11.7. The van der Waals surface area contributed by atoms with Gasteiger partial charge in [-0.15, -0.1) is 0 Å². The standard InChI is InChI=1S/C7H5FO.2C7H6O2/c8-7-3-1-6(5-9)2-4-7;2*8-5-6-1-3-7(9)4-2-6/h1-5H;2*1-5,9H. The minimum atomic E-state index is -0.319. The van der Waals surface area contributed by atoms with Crippen molar-refractivity contribution >= 4 is 18.9 Å². The molecule has 0 saturated heterocycles. The second-order valence-corrected chi connectivity index (χ2v) is 5.09. The zero-order valence-electron chi connectivity index (χ0n) is 14.2. The third-order valence-electron chi connectivity index (χ3n) is 3.06. The quantitative estimate of drug-likeness (QED) is 0.681. The van der Waals surface area contributed by atoms with E-state index in [4.69, 9.17) is 10.2 Å². The highest BCUT2D eigenvalue weighted by Gasteiger charge is 1.89. The maximum atomic E-state index is 12.1. The lowest BCUT2D eigenvalue weighted by Crippen LogP contribution is -1.77. The molecule has 6 heteroatoms. The predicted molar refractivity (Wildman–Crippen MR) is 98.8 cm³/mol. The largest absolute Gasteiger partial charge is 0.508 e. The van der Waals surface area contributed by atoms with Crippen molar-refractivity contribution in [3.8, 4) is 11.5 Å². The Morgan fingerprint density at radius 2 is 0.778 bits per heavy atom. The number of aldehydes is 3. The van der Waals surface area contributed by atoms with Gasteiger partial charge in [-0.1, -0.05) is 0 Å². The molecule has 3 aromatic carbocycles. The maximum absolute atomic E-state index is 12.1. The molecule has 0 atom stereocenters. The minimum Gasteiger partial charge on any atom is -0.508 e. The average Bonchev–Trinajstić information content (AvgIpc) is 2.71. The molecule has 5 nitrogen and oxygen atoms in total. The molecule has 0 aromatic heterocycles. The summed E-state index contributed by atoms with van der Waals surface area (Å²) >= 11 is 0. The zero-order valence-corrected chi connectivity index (χ0v) is 14.2. The normalized spacial score (nSPS) is 8.93. The number of rotatable bonds is 3. The van der Waals surface area contributed by atoms with E-state index in [2.05, 4.69) is 0 Å². The first kappa shape index (κ1) is 21.2. The lowest BCUT2D eigenvalue weighted by Gasteiger charge is -1.88. The van der Waals surface area contributed by atoms with Crippen molar-refractivity contribution in [2.24, 2.45) is 0 Å². The molecule has 0 amide bonds. The SMILES string of the molecule is O=Cc1ccc(F)cc1.O=Cc1ccc(O)cc1.O=Cc1ccc(O)cc1. The average molecular weight is 368 g/mol. The Hall–Kier alpha value is -3.80. The van der Waals surface area contributed by atoms with Crippen molar-refractivity contribution in [2.45, 2.75) is 0 Å². The van der Waals surface area contributed by atoms with Crippen molar-refractivity contribution in [1.82, 2.24) is 0 Å². The molecule has 2 N–H and O–H groups in total. The van der Waals surface area contributed by atoms with Crippen LogP contribution < -0.4 is 0 Å². The monoisotopic (exact) mass is 368 g/mol. The number of aromatic hydroxyl groups is 2. The number of hydrogen-bond acceptors (Lipinski definition) is 5. The summed E-state index contributed by atoms with van der Waals surface area (Å²) in [4.78, 5) is 30.1. The molecule has 0 spiro atoms. The molecular formula is C21H17FO5. The molecule has 0 heterocycles. The van der Waals surface area contributed by atoms with E-state index in [1.54, 1.807) is 24.3 Å². The molecule has 27 heavy (non-hydrogen) atoms. The van der Waals surface area contributed by atoms with Gasteiger partial charge in [0, 0.05) is 16.7 Å². The fourth-order valence-electron chi connectivity index (χ4n) is 1.65. The smallest absolute Gasteiger partial charge is 0.150 e. The third-order valence-corrected chi connectivity index (χ3v) is 3.06. The van der Waals surface area contributed by atoms with Crippen LogP contribution in [0.5, 0.6) is 11.5 Å². The van der Waals surface area contributed by atoms with Crippen LogP contribution in [-0.2, 0) is 0 Å². The molecule has 138 valence electrons. The molecule has 0 unspecified atom stereocenters. The van der Waals surface area contributed by atoms with Crippen LogP contribution >= 0.6 is 0 Å². The molecule has 0 bridgehead atoms. The topological polar surface area (TPSA) is 91.7 Å². The molecular weight excluding hydrogens is 351 g/mol. The van der Waals surface area contributed by atoms with Gasteiger partial charge in [0.05, 0.1) is 0 Å². The van der Waals surface area contributed by atoms with E-state index in [1.165, 1.54) is 48.5 Å². The number of halogens is 1. The Morgan fingerprint density at radius 3 is 1.04 bits per heavy atom. The number of phenolic OH excluding ortho intramolecular Hbond substituents is 2. The van der Waals surface area contributed by atoms with Crippen molar-refractivity contribution in [3.63, 3.8) is 0 Å². The van der Waals surface area contributed by atoms with Crippen LogP contribution in [0.2, 0.25) is 0 Å². The van der Waals surface area contributed by atoms with Gasteiger partial charge in [0.15, 0.2) is 0 Å². The second-order valence-electron chi connectivity index (χ2n) is 5.09. The molecule has 0 radical (unpaired) electrons. The number of carbonyl (C=O) groups is 3. The van der Waals surface area contributed by atoms with Crippen LogP contribution in [-0.4, -0.2) is 29.1 Å². The van der Waals surface area contributed by atoms with Crippen molar-refractivity contribution in [2.75, 3.05) is 0 Å². The van der Waals surface area contributed by atoms with Crippen molar-refractivity contribution in [3.05, 3.63) is 95.3 Å². The lowest BCUT2D eigenvalue weighted by atomic mass is 10.2. The molecule has 0 aliphatic carbocycles.